The number of hydrogen-bond donors (Lipinski definition) is 3. The van der Waals surface area contributed by atoms with E-state index < -0.39 is 86.7 Å². The molecule has 6 aromatic carbocycles. The summed E-state index contributed by atoms with van der Waals surface area (Å²) in [6.45, 7) is 16.9. The lowest BCUT2D eigenvalue weighted by molar-refractivity contribution is -0.137. The zero-order chi connectivity index (χ0) is 89.7. The van der Waals surface area contributed by atoms with Gasteiger partial charge in [0.1, 0.15) is 40.7 Å². The van der Waals surface area contributed by atoms with Crippen LogP contribution in [-0.4, -0.2) is 236 Å². The maximum atomic E-state index is 15.1. The van der Waals surface area contributed by atoms with Crippen molar-refractivity contribution in [1.29, 1.82) is 0 Å². The summed E-state index contributed by atoms with van der Waals surface area (Å²) in [5.41, 5.74) is -4.81. The molecule has 9 aromatic rings. The Labute approximate surface area is 724 Å². The summed E-state index contributed by atoms with van der Waals surface area (Å²) >= 11 is 9.51. The number of nitrogens with zero attached hydrogens (tertiary/aromatic N) is 12. The number of anilines is 3. The van der Waals surface area contributed by atoms with Crippen LogP contribution in [0.4, 0.5) is 74.5 Å². The molecular weight excluding hydrogens is 1740 g/mol. The molecule has 3 saturated heterocycles. The number of ether oxygens (including phenoxy) is 3. The molecule has 0 aliphatic carbocycles. The fourth-order valence-corrected chi connectivity index (χ4v) is 20.1. The Morgan fingerprint density at radius 2 is 0.760 bits per heavy atom. The summed E-state index contributed by atoms with van der Waals surface area (Å²) in [5.74, 6) is -2.84. The van der Waals surface area contributed by atoms with Crippen molar-refractivity contribution < 1.29 is 85.7 Å². The van der Waals surface area contributed by atoms with E-state index in [0.29, 0.717) is 99.1 Å². The fourth-order valence-electron chi connectivity index (χ4n) is 15.9. The highest BCUT2D eigenvalue weighted by Gasteiger charge is 2.44. The third kappa shape index (κ3) is 20.2. The largest absolute Gasteiger partial charge is 0.417 e. The molecule has 3 aromatic heterocycles. The molecule has 3 amide bonds. The first-order chi connectivity index (χ1) is 59.7. The van der Waals surface area contributed by atoms with Crippen LogP contribution in [0.25, 0.3) is 66.1 Å². The monoisotopic (exact) mass is 1830 g/mol. The van der Waals surface area contributed by atoms with Gasteiger partial charge in [0.05, 0.1) is 58.1 Å². The van der Waals surface area contributed by atoms with E-state index >= 15 is 4.39 Å². The molecule has 666 valence electrons. The van der Waals surface area contributed by atoms with Gasteiger partial charge >= 0.3 is 35.6 Å². The van der Waals surface area contributed by atoms with Crippen molar-refractivity contribution in [1.82, 2.24) is 59.3 Å². The molecular formula is C84H85ClF13N15O9S3. The lowest BCUT2D eigenvalue weighted by atomic mass is 9.95. The first-order valence-electron chi connectivity index (χ1n) is 39.5. The average molecular weight is 1830 g/mol. The van der Waals surface area contributed by atoms with Crippen LogP contribution in [0, 0.1) is 23.3 Å². The third-order valence-electron chi connectivity index (χ3n) is 22.0. The normalized spacial score (nSPS) is 17.5. The predicted octanol–water partition coefficient (Wildman–Crippen LogP) is 12.1. The van der Waals surface area contributed by atoms with Gasteiger partial charge in [-0.1, -0.05) is 49.5 Å². The lowest BCUT2D eigenvalue weighted by Gasteiger charge is -2.35. The molecule has 3 N–H and O–H groups in total. The second-order valence-electron chi connectivity index (χ2n) is 29.7. The van der Waals surface area contributed by atoms with Crippen molar-refractivity contribution in [2.24, 2.45) is 0 Å². The van der Waals surface area contributed by atoms with E-state index in [9.17, 15) is 81.5 Å². The van der Waals surface area contributed by atoms with Crippen LogP contribution in [-0.2, 0) is 66.8 Å². The highest BCUT2D eigenvalue weighted by atomic mass is 35.5. The van der Waals surface area contributed by atoms with Crippen molar-refractivity contribution in [3.63, 3.8) is 0 Å². The summed E-state index contributed by atoms with van der Waals surface area (Å²) in [4.78, 5) is 100. The minimum Gasteiger partial charge on any atom is -0.383 e. The highest BCUT2D eigenvalue weighted by molar-refractivity contribution is 8.00. The van der Waals surface area contributed by atoms with Crippen molar-refractivity contribution >= 4 is 115 Å². The van der Waals surface area contributed by atoms with Crippen LogP contribution in [0.1, 0.15) is 16.7 Å². The Morgan fingerprint density at radius 3 is 1.08 bits per heavy atom. The van der Waals surface area contributed by atoms with E-state index in [1.165, 1.54) is 86.8 Å². The van der Waals surface area contributed by atoms with Gasteiger partial charge in [-0.25, -0.2) is 31.9 Å². The minimum atomic E-state index is -4.92. The number of thioether (sulfide) groups is 3. The van der Waals surface area contributed by atoms with Crippen LogP contribution in [0.2, 0.25) is 5.02 Å². The van der Waals surface area contributed by atoms with Crippen LogP contribution in [0.5, 0.6) is 0 Å². The number of benzene rings is 6. The molecule has 9 heterocycles. The second-order valence-corrected chi connectivity index (χ2v) is 33.2. The number of methoxy groups -OCH3 is 3. The van der Waals surface area contributed by atoms with Crippen molar-refractivity contribution in [2.45, 2.75) is 71.0 Å². The molecule has 0 radical (unpaired) electrons. The Bertz CT molecular complexity index is 5800. The quantitative estimate of drug-likeness (QED) is 0.0344. The molecule has 3 fully saturated rings. The number of rotatable bonds is 21. The van der Waals surface area contributed by atoms with Crippen molar-refractivity contribution in [3.8, 4) is 33.4 Å². The summed E-state index contributed by atoms with van der Waals surface area (Å²) in [6.07, 6.45) is -10.8. The molecule has 41 heteroatoms. The van der Waals surface area contributed by atoms with Crippen LogP contribution in [0.3, 0.4) is 0 Å². The zero-order valence-electron chi connectivity index (χ0n) is 67.6. The van der Waals surface area contributed by atoms with E-state index in [0.717, 1.165) is 60.3 Å². The van der Waals surface area contributed by atoms with E-state index in [1.807, 2.05) is 0 Å². The zero-order valence-corrected chi connectivity index (χ0v) is 70.8. The van der Waals surface area contributed by atoms with Gasteiger partial charge in [-0.15, -0.1) is 35.3 Å². The number of amides is 3. The Hall–Kier alpha value is -10.0. The maximum Gasteiger partial charge on any atom is 0.417 e. The first kappa shape index (κ1) is 92.6. The molecule has 3 atom stereocenters. The van der Waals surface area contributed by atoms with Gasteiger partial charge in [-0.3, -0.25) is 28.1 Å². The molecule has 3 unspecified atom stereocenters. The van der Waals surface area contributed by atoms with Crippen molar-refractivity contribution in [2.75, 3.05) is 171 Å². The number of piperazine rings is 3. The van der Waals surface area contributed by atoms with Crippen LogP contribution < -0.4 is 47.7 Å². The van der Waals surface area contributed by atoms with Gasteiger partial charge in [-0.2, -0.15) is 54.5 Å². The predicted molar refractivity (Wildman–Crippen MR) is 454 cm³/mol. The standard InChI is InChI=1S/C28H28ClF4N5O3S.C28H28F5N5O3S.C28H29F4N5O3S/c1-3-22(39)36-7-9-37(10-8-36)26-18-13-19(28(31,32)33)23(16-4-5-21(30)20(29)12-16)25-24(18)38(27(40)35-26)14-17(15-42-25)34-6-11-41-2;1-3-22(39)36-7-9-37(10-8-36)26-19-13-20(28(31,32)33)23(18-5-4-16(29)12-21(18)30)25-24(19)38(27(40)35-26)14-17(15-42-25)34-6-11-41-2;1-3-22(38)35-9-11-36(12-10-35)26-20-14-21(28(30,31)32)23(17-4-6-18(29)7-5-17)25-24(20)37(27(39)34-26)15-19(16-41-25)33-8-13-40-2/h2*3-5,12-13,17,34H,1,6-11,14-15H2,2H3;3-7,14,19,33H,1,8-13,15-16H2,2H3. The van der Waals surface area contributed by atoms with E-state index in [-0.39, 0.29) is 190 Å². The third-order valence-corrected chi connectivity index (χ3v) is 26.0. The molecule has 24 nitrogen and oxygen atoms in total. The molecule has 125 heavy (non-hydrogen) atoms. The maximum absolute atomic E-state index is 15.1. The summed E-state index contributed by atoms with van der Waals surface area (Å²) < 4.78 is 209. The van der Waals surface area contributed by atoms with E-state index in [2.05, 4.69) is 50.6 Å². The number of nitrogens with one attached hydrogen (secondary N) is 3. The molecule has 0 spiro atoms. The minimum absolute atomic E-state index is 0.0567. The van der Waals surface area contributed by atoms with Crippen LogP contribution >= 0.6 is 46.9 Å². The molecule has 0 saturated carbocycles. The number of carbonyl (C=O) groups is 3. The number of carbonyl (C=O) groups excluding carboxylic acids is 3. The Morgan fingerprint density at radius 1 is 0.440 bits per heavy atom. The first-order valence-corrected chi connectivity index (χ1v) is 42.8. The van der Waals surface area contributed by atoms with Gasteiger partial charge in [0.25, 0.3) is 0 Å². The van der Waals surface area contributed by atoms with Gasteiger partial charge < -0.3 is 59.6 Å². The van der Waals surface area contributed by atoms with E-state index in [4.69, 9.17) is 25.8 Å². The summed E-state index contributed by atoms with van der Waals surface area (Å²) in [5, 5.41) is 10.0. The van der Waals surface area contributed by atoms with Gasteiger partial charge in [-0.05, 0) is 84.0 Å². The SMILES string of the molecule is C=CC(=O)N1CCN(c2nc(=O)n3c4c(c(-c5ccc(F)c(Cl)c5)c(C(F)(F)F)cc24)SCC(NCCOC)C3)CC1.C=CC(=O)N1CCN(c2nc(=O)n3c4c(c(-c5ccc(F)cc5)c(C(F)(F)F)cc24)SCC(NCCOC)C3)CC1.C=CC(=O)N1CCN(c2nc(=O)n3c4c(c(-c5ccc(F)cc5F)c(C(F)(F)F)cc24)SCC(NCCOC)C3)CC1. The number of halogens is 14. The topological polar surface area (TPSA) is 239 Å². The van der Waals surface area contributed by atoms with Crippen molar-refractivity contribution in [3.05, 3.63) is 193 Å². The molecule has 6 aliphatic rings. The molecule has 6 aliphatic heterocycles. The van der Waals surface area contributed by atoms with Gasteiger partial charge in [0.15, 0.2) is 0 Å². The second kappa shape index (κ2) is 39.5. The van der Waals surface area contributed by atoms with Gasteiger partial charge in [0, 0.05) is 234 Å². The smallest absolute Gasteiger partial charge is 0.383 e. The average Bonchev–Trinajstić information content (AvgIpc) is 1.68. The molecule has 15 rings (SSSR count). The highest BCUT2D eigenvalue weighted by Crippen LogP contribution is 2.53. The lowest BCUT2D eigenvalue weighted by Crippen LogP contribution is -2.49. The van der Waals surface area contributed by atoms with Crippen LogP contribution in [0.15, 0.2) is 146 Å². The van der Waals surface area contributed by atoms with E-state index in [1.54, 1.807) is 43.6 Å². The fraction of sp³-hybridized carbons (Fsp3) is 0.393. The molecule has 0 bridgehead atoms. The number of aromatic nitrogens is 6. The summed E-state index contributed by atoms with van der Waals surface area (Å²) in [6, 6.07) is 12.9. The summed E-state index contributed by atoms with van der Waals surface area (Å²) in [7, 11) is 4.66. The Balaban J connectivity index is 0.000000161. The Kier molecular flexibility index (Phi) is 29.2. The van der Waals surface area contributed by atoms with Gasteiger partial charge in [0.2, 0.25) is 17.7 Å². The number of hydrogen-bond acceptors (Lipinski definition) is 21. The number of alkyl halides is 9.